The quantitative estimate of drug-likeness (QED) is 0.574. The van der Waals surface area contributed by atoms with Crippen molar-refractivity contribution in [3.05, 3.63) is 30.1 Å². The van der Waals surface area contributed by atoms with Crippen LogP contribution >= 0.6 is 23.4 Å². The van der Waals surface area contributed by atoms with Gasteiger partial charge in [-0.2, -0.15) is 11.8 Å². The third-order valence-electron chi connectivity index (χ3n) is 3.02. The molecule has 0 radical (unpaired) electrons. The average Bonchev–Trinajstić information content (AvgIpc) is 2.74. The number of halogens is 1. The second-order valence-corrected chi connectivity index (χ2v) is 6.07. The van der Waals surface area contributed by atoms with Crippen molar-refractivity contribution >= 4 is 34.4 Å². The van der Waals surface area contributed by atoms with Crippen LogP contribution < -0.4 is 0 Å². The Morgan fingerprint density at radius 2 is 2.11 bits per heavy atom. The van der Waals surface area contributed by atoms with Crippen molar-refractivity contribution in [1.82, 2.24) is 9.55 Å². The van der Waals surface area contributed by atoms with Crippen molar-refractivity contribution in [3.8, 4) is 0 Å². The highest BCUT2D eigenvalue weighted by Gasteiger charge is 2.13. The van der Waals surface area contributed by atoms with Gasteiger partial charge in [0, 0.05) is 6.54 Å². The first kappa shape index (κ1) is 13.8. The Balaban J connectivity index is 2.24. The van der Waals surface area contributed by atoms with E-state index in [1.807, 2.05) is 24.8 Å². The van der Waals surface area contributed by atoms with Crippen molar-refractivity contribution < 1.29 is 0 Å². The molecular weight excluding hydrogens is 264 g/mol. The summed E-state index contributed by atoms with van der Waals surface area (Å²) in [6, 6.07) is 8.26. The predicted octanol–water partition coefficient (Wildman–Crippen LogP) is 4.48. The number of benzene rings is 1. The minimum Gasteiger partial charge on any atom is -0.327 e. The third-order valence-corrected chi connectivity index (χ3v) is 3.91. The largest absolute Gasteiger partial charge is 0.327 e. The number of para-hydroxylation sites is 2. The SMILES string of the molecule is CSCCCCn1c(C(C)Cl)nc2ccccc21. The van der Waals surface area contributed by atoms with E-state index in [9.17, 15) is 0 Å². The second-order valence-electron chi connectivity index (χ2n) is 4.43. The van der Waals surface area contributed by atoms with Gasteiger partial charge >= 0.3 is 0 Å². The first-order chi connectivity index (χ1) is 8.74. The summed E-state index contributed by atoms with van der Waals surface area (Å²) in [7, 11) is 0. The van der Waals surface area contributed by atoms with Crippen LogP contribution in [0.1, 0.15) is 31.0 Å². The third kappa shape index (κ3) is 3.01. The van der Waals surface area contributed by atoms with Gasteiger partial charge in [0.25, 0.3) is 0 Å². The Labute approximate surface area is 118 Å². The zero-order chi connectivity index (χ0) is 13.0. The van der Waals surface area contributed by atoms with Crippen molar-refractivity contribution in [1.29, 1.82) is 0 Å². The number of hydrogen-bond acceptors (Lipinski definition) is 2. The maximum atomic E-state index is 6.23. The molecule has 1 heterocycles. The maximum Gasteiger partial charge on any atom is 0.127 e. The van der Waals surface area contributed by atoms with E-state index in [1.165, 1.54) is 24.1 Å². The number of alkyl halides is 1. The minimum absolute atomic E-state index is 0.0436. The topological polar surface area (TPSA) is 17.8 Å². The molecule has 4 heteroatoms. The van der Waals surface area contributed by atoms with Crippen LogP contribution in [0.5, 0.6) is 0 Å². The fourth-order valence-corrected chi connectivity index (χ4v) is 2.81. The predicted molar refractivity (Wildman–Crippen MR) is 81.6 cm³/mol. The highest BCUT2D eigenvalue weighted by Crippen LogP contribution is 2.24. The fourth-order valence-electron chi connectivity index (χ4n) is 2.15. The molecule has 0 fully saturated rings. The van der Waals surface area contributed by atoms with Gasteiger partial charge in [0.1, 0.15) is 5.82 Å². The number of hydrogen-bond donors (Lipinski definition) is 0. The lowest BCUT2D eigenvalue weighted by Crippen LogP contribution is -2.05. The van der Waals surface area contributed by atoms with Crippen LogP contribution in [0.4, 0.5) is 0 Å². The molecule has 0 spiro atoms. The maximum absolute atomic E-state index is 6.23. The van der Waals surface area contributed by atoms with Gasteiger partial charge in [0.05, 0.1) is 16.4 Å². The zero-order valence-electron chi connectivity index (χ0n) is 10.9. The number of nitrogens with zero attached hydrogens (tertiary/aromatic N) is 2. The van der Waals surface area contributed by atoms with Gasteiger partial charge in [0.15, 0.2) is 0 Å². The highest BCUT2D eigenvalue weighted by molar-refractivity contribution is 7.98. The molecule has 0 saturated carbocycles. The lowest BCUT2D eigenvalue weighted by atomic mass is 10.3. The first-order valence-corrected chi connectivity index (χ1v) is 8.15. The molecule has 18 heavy (non-hydrogen) atoms. The Morgan fingerprint density at radius 1 is 1.33 bits per heavy atom. The molecule has 0 aliphatic rings. The molecule has 2 nitrogen and oxygen atoms in total. The normalized spacial score (nSPS) is 13.1. The Hall–Kier alpha value is -0.670. The molecule has 0 saturated heterocycles. The molecule has 1 unspecified atom stereocenters. The number of imidazole rings is 1. The summed E-state index contributed by atoms with van der Waals surface area (Å²) in [5, 5.41) is -0.0436. The van der Waals surface area contributed by atoms with Crippen molar-refractivity contribution in [2.45, 2.75) is 31.7 Å². The summed E-state index contributed by atoms with van der Waals surface area (Å²) >= 11 is 8.13. The highest BCUT2D eigenvalue weighted by atomic mass is 35.5. The lowest BCUT2D eigenvalue weighted by Gasteiger charge is -2.10. The molecule has 0 N–H and O–H groups in total. The summed E-state index contributed by atoms with van der Waals surface area (Å²) in [6.45, 7) is 2.99. The standard InChI is InChI=1S/C14H19ClN2S/c1-11(15)14-16-12-7-3-4-8-13(12)17(14)9-5-6-10-18-2/h3-4,7-8,11H,5-6,9-10H2,1-2H3. The van der Waals surface area contributed by atoms with E-state index >= 15 is 0 Å². The van der Waals surface area contributed by atoms with Crippen LogP contribution in [0.25, 0.3) is 11.0 Å². The van der Waals surface area contributed by atoms with Crippen molar-refractivity contribution in [3.63, 3.8) is 0 Å². The number of fused-ring (bicyclic) bond motifs is 1. The summed E-state index contributed by atoms with van der Waals surface area (Å²) in [5.74, 6) is 2.21. The lowest BCUT2D eigenvalue weighted by molar-refractivity contribution is 0.619. The van der Waals surface area contributed by atoms with Crippen LogP contribution in [-0.2, 0) is 6.54 Å². The number of unbranched alkanes of at least 4 members (excludes halogenated alkanes) is 1. The van der Waals surface area contributed by atoms with E-state index in [-0.39, 0.29) is 5.38 Å². The van der Waals surface area contributed by atoms with E-state index in [1.54, 1.807) is 0 Å². The van der Waals surface area contributed by atoms with Gasteiger partial charge in [-0.15, -0.1) is 11.6 Å². The van der Waals surface area contributed by atoms with Gasteiger partial charge in [-0.1, -0.05) is 12.1 Å². The summed E-state index contributed by atoms with van der Waals surface area (Å²) < 4.78 is 2.27. The molecule has 1 aromatic carbocycles. The summed E-state index contributed by atoms with van der Waals surface area (Å²) in [4.78, 5) is 4.64. The van der Waals surface area contributed by atoms with E-state index < -0.39 is 0 Å². The number of rotatable bonds is 6. The van der Waals surface area contributed by atoms with E-state index in [0.717, 1.165) is 17.9 Å². The van der Waals surface area contributed by atoms with Crippen molar-refractivity contribution in [2.75, 3.05) is 12.0 Å². The molecule has 2 aromatic rings. The minimum atomic E-state index is -0.0436. The number of aromatic nitrogens is 2. The zero-order valence-corrected chi connectivity index (χ0v) is 12.5. The van der Waals surface area contributed by atoms with Crippen LogP contribution in [-0.4, -0.2) is 21.6 Å². The average molecular weight is 283 g/mol. The van der Waals surface area contributed by atoms with Crippen LogP contribution in [0, 0.1) is 0 Å². The Kier molecular flexibility index (Phi) is 4.95. The van der Waals surface area contributed by atoms with Crippen LogP contribution in [0.15, 0.2) is 24.3 Å². The van der Waals surface area contributed by atoms with E-state index in [0.29, 0.717) is 0 Å². The molecular formula is C14H19ClN2S. The molecule has 0 aliphatic carbocycles. The van der Waals surface area contributed by atoms with Gasteiger partial charge in [-0.25, -0.2) is 4.98 Å². The van der Waals surface area contributed by atoms with Crippen molar-refractivity contribution in [2.24, 2.45) is 0 Å². The van der Waals surface area contributed by atoms with Gasteiger partial charge in [-0.3, -0.25) is 0 Å². The Morgan fingerprint density at radius 3 is 2.83 bits per heavy atom. The summed E-state index contributed by atoms with van der Waals surface area (Å²) in [5.41, 5.74) is 2.24. The van der Waals surface area contributed by atoms with E-state index in [4.69, 9.17) is 11.6 Å². The number of thioether (sulfide) groups is 1. The number of aryl methyl sites for hydroxylation is 1. The molecule has 1 atom stereocenters. The first-order valence-electron chi connectivity index (χ1n) is 6.32. The van der Waals surface area contributed by atoms with E-state index in [2.05, 4.69) is 34.0 Å². The van der Waals surface area contributed by atoms with Gasteiger partial charge in [-0.05, 0) is 43.9 Å². The molecule has 98 valence electrons. The summed E-state index contributed by atoms with van der Waals surface area (Å²) in [6.07, 6.45) is 4.57. The monoisotopic (exact) mass is 282 g/mol. The molecule has 2 rings (SSSR count). The Bertz CT molecular complexity index is 507. The fraction of sp³-hybridized carbons (Fsp3) is 0.500. The van der Waals surface area contributed by atoms with Gasteiger partial charge in [0.2, 0.25) is 0 Å². The van der Waals surface area contributed by atoms with Crippen LogP contribution in [0.3, 0.4) is 0 Å². The smallest absolute Gasteiger partial charge is 0.127 e. The van der Waals surface area contributed by atoms with Crippen LogP contribution in [0.2, 0.25) is 0 Å². The molecule has 0 aliphatic heterocycles. The molecule has 0 amide bonds. The molecule has 0 bridgehead atoms. The molecule has 1 aromatic heterocycles. The van der Waals surface area contributed by atoms with Gasteiger partial charge < -0.3 is 4.57 Å². The second kappa shape index (κ2) is 6.48.